The lowest BCUT2D eigenvalue weighted by molar-refractivity contribution is 0.118. The van der Waals surface area contributed by atoms with Gasteiger partial charge < -0.3 is 15.0 Å². The lowest BCUT2D eigenvalue weighted by Crippen LogP contribution is -2.35. The van der Waals surface area contributed by atoms with E-state index < -0.39 is 0 Å². The number of aryl methyl sites for hydroxylation is 1. The molecule has 1 N–H and O–H groups in total. The number of ether oxygens (including phenoxy) is 1. The molecular weight excluding hydrogens is 304 g/mol. The summed E-state index contributed by atoms with van der Waals surface area (Å²) in [6.07, 6.45) is 4.41. The molecule has 1 aliphatic rings. The Kier molecular flexibility index (Phi) is 4.87. The van der Waals surface area contributed by atoms with Crippen molar-refractivity contribution in [2.75, 3.05) is 30.4 Å². The van der Waals surface area contributed by atoms with E-state index in [-0.39, 0.29) is 12.1 Å². The van der Waals surface area contributed by atoms with E-state index >= 15 is 0 Å². The molecule has 0 unspecified atom stereocenters. The third kappa shape index (κ3) is 3.44. The predicted octanol–water partition coefficient (Wildman–Crippen LogP) is 1.76. The molecule has 1 aliphatic heterocycles. The molecule has 0 saturated carbocycles. The minimum atomic E-state index is 0.183. The van der Waals surface area contributed by atoms with E-state index in [0.29, 0.717) is 5.56 Å². The van der Waals surface area contributed by atoms with E-state index in [1.165, 1.54) is 0 Å². The highest BCUT2D eigenvalue weighted by Crippen LogP contribution is 2.25. The van der Waals surface area contributed by atoms with Crippen molar-refractivity contribution < 1.29 is 4.74 Å². The topological polar surface area (TPSA) is 87.0 Å². The van der Waals surface area contributed by atoms with Gasteiger partial charge in [0.25, 0.3) is 0 Å². The van der Waals surface area contributed by atoms with Crippen LogP contribution in [0.25, 0.3) is 0 Å². The smallest absolute Gasteiger partial charge is 0.132 e. The first-order valence-electron chi connectivity index (χ1n) is 7.88. The second-order valence-electron chi connectivity index (χ2n) is 5.79. The number of aromatic nitrogens is 3. The summed E-state index contributed by atoms with van der Waals surface area (Å²) in [6.45, 7) is 3.37. The summed E-state index contributed by atoms with van der Waals surface area (Å²) in [4.78, 5) is 15.0. The van der Waals surface area contributed by atoms with Crippen LogP contribution in [0, 0.1) is 18.3 Å². The summed E-state index contributed by atoms with van der Waals surface area (Å²) in [5, 5.41) is 12.3. The number of hydrogen-bond donors (Lipinski definition) is 1. The summed E-state index contributed by atoms with van der Waals surface area (Å²) < 4.78 is 5.53. The Morgan fingerprint density at radius 1 is 1.42 bits per heavy atom. The first kappa shape index (κ1) is 16.1. The summed E-state index contributed by atoms with van der Waals surface area (Å²) in [5.74, 6) is 1.68. The number of nitrogens with one attached hydrogen (secondary N) is 1. The van der Waals surface area contributed by atoms with E-state index in [4.69, 9.17) is 10.00 Å². The van der Waals surface area contributed by atoms with Gasteiger partial charge in [0.1, 0.15) is 24.0 Å². The zero-order valence-corrected chi connectivity index (χ0v) is 13.8. The van der Waals surface area contributed by atoms with Crippen molar-refractivity contribution in [2.45, 2.75) is 25.5 Å². The number of hydrogen-bond acceptors (Lipinski definition) is 7. The standard InChI is InChI=1S/C17H20N6O/c1-12-13(8-18)3-4-16(22-12)20-9-14-7-15(24-2)10-23(14)17-5-6-19-11-21-17/h3-6,11,14-15H,7,9-10H2,1-2H3,(H,20,22)/t14-,15-/m1/s1. The first-order chi connectivity index (χ1) is 11.7. The fourth-order valence-corrected chi connectivity index (χ4v) is 2.97. The zero-order chi connectivity index (χ0) is 16.9. The van der Waals surface area contributed by atoms with Gasteiger partial charge in [-0.3, -0.25) is 0 Å². The molecule has 0 radical (unpaired) electrons. The Labute approximate surface area is 141 Å². The van der Waals surface area contributed by atoms with Gasteiger partial charge in [-0.2, -0.15) is 5.26 Å². The molecule has 0 amide bonds. The van der Waals surface area contributed by atoms with Gasteiger partial charge >= 0.3 is 0 Å². The second-order valence-corrected chi connectivity index (χ2v) is 5.79. The highest BCUT2D eigenvalue weighted by molar-refractivity contribution is 5.45. The Morgan fingerprint density at radius 3 is 2.96 bits per heavy atom. The molecule has 0 spiro atoms. The number of nitriles is 1. The number of nitrogens with zero attached hydrogens (tertiary/aromatic N) is 5. The number of anilines is 2. The van der Waals surface area contributed by atoms with Crippen LogP contribution >= 0.6 is 0 Å². The van der Waals surface area contributed by atoms with Gasteiger partial charge in [-0.25, -0.2) is 15.0 Å². The summed E-state index contributed by atoms with van der Waals surface area (Å²) >= 11 is 0. The van der Waals surface area contributed by atoms with Gasteiger partial charge in [0, 0.05) is 26.4 Å². The summed E-state index contributed by atoms with van der Waals surface area (Å²) in [5.41, 5.74) is 1.33. The van der Waals surface area contributed by atoms with Gasteiger partial charge in [-0.1, -0.05) is 0 Å². The van der Waals surface area contributed by atoms with Gasteiger partial charge in [0.2, 0.25) is 0 Å². The maximum absolute atomic E-state index is 8.99. The van der Waals surface area contributed by atoms with Gasteiger partial charge in [0.05, 0.1) is 23.4 Å². The maximum atomic E-state index is 8.99. The number of rotatable bonds is 5. The average Bonchev–Trinajstić information content (AvgIpc) is 3.04. The molecule has 24 heavy (non-hydrogen) atoms. The van der Waals surface area contributed by atoms with Gasteiger partial charge in [-0.05, 0) is 31.5 Å². The van der Waals surface area contributed by atoms with Crippen molar-refractivity contribution in [1.82, 2.24) is 15.0 Å². The maximum Gasteiger partial charge on any atom is 0.132 e. The van der Waals surface area contributed by atoms with E-state index in [0.717, 1.165) is 36.8 Å². The SMILES string of the molecule is CO[C@@H]1C[C@H](CNc2ccc(C#N)c(C)n2)N(c2ccncn2)C1. The molecule has 2 aromatic rings. The van der Waals surface area contributed by atoms with Gasteiger partial charge in [0.15, 0.2) is 0 Å². The lowest BCUT2D eigenvalue weighted by Gasteiger charge is -2.25. The van der Waals surface area contributed by atoms with Crippen molar-refractivity contribution in [1.29, 1.82) is 5.26 Å². The Morgan fingerprint density at radius 2 is 2.29 bits per heavy atom. The Bertz CT molecular complexity index is 730. The fraction of sp³-hybridized carbons (Fsp3) is 0.412. The first-order valence-corrected chi connectivity index (χ1v) is 7.88. The fourth-order valence-electron chi connectivity index (χ4n) is 2.97. The van der Waals surface area contributed by atoms with Crippen molar-refractivity contribution in [3.8, 4) is 6.07 Å². The molecule has 0 bridgehead atoms. The molecule has 7 nitrogen and oxygen atoms in total. The molecule has 7 heteroatoms. The van der Waals surface area contributed by atoms with E-state index in [2.05, 4.69) is 31.2 Å². The molecular formula is C17H20N6O. The molecule has 124 valence electrons. The monoisotopic (exact) mass is 324 g/mol. The molecule has 2 atom stereocenters. The molecule has 3 heterocycles. The Hall–Kier alpha value is -2.72. The molecule has 0 aliphatic carbocycles. The van der Waals surface area contributed by atoms with Crippen molar-refractivity contribution in [2.24, 2.45) is 0 Å². The van der Waals surface area contributed by atoms with Crippen molar-refractivity contribution in [3.05, 3.63) is 42.0 Å². The Balaban J connectivity index is 1.70. The van der Waals surface area contributed by atoms with Crippen LogP contribution in [0.1, 0.15) is 17.7 Å². The van der Waals surface area contributed by atoms with Crippen molar-refractivity contribution in [3.63, 3.8) is 0 Å². The largest absolute Gasteiger partial charge is 0.380 e. The van der Waals surface area contributed by atoms with Crippen LogP contribution in [0.3, 0.4) is 0 Å². The van der Waals surface area contributed by atoms with E-state index in [1.807, 2.05) is 19.1 Å². The molecule has 1 saturated heterocycles. The quantitative estimate of drug-likeness (QED) is 0.896. The molecule has 0 aromatic carbocycles. The third-order valence-electron chi connectivity index (χ3n) is 4.30. The highest BCUT2D eigenvalue weighted by atomic mass is 16.5. The summed E-state index contributed by atoms with van der Waals surface area (Å²) in [7, 11) is 1.74. The van der Waals surface area contributed by atoms with E-state index in [9.17, 15) is 0 Å². The third-order valence-corrected chi connectivity index (χ3v) is 4.30. The van der Waals surface area contributed by atoms with Crippen LogP contribution < -0.4 is 10.2 Å². The van der Waals surface area contributed by atoms with Crippen molar-refractivity contribution >= 4 is 11.6 Å². The van der Waals surface area contributed by atoms with Crippen LogP contribution in [0.4, 0.5) is 11.6 Å². The predicted molar refractivity (Wildman–Crippen MR) is 90.8 cm³/mol. The number of methoxy groups -OCH3 is 1. The lowest BCUT2D eigenvalue weighted by atomic mass is 10.2. The van der Waals surface area contributed by atoms with Gasteiger partial charge in [-0.15, -0.1) is 0 Å². The van der Waals surface area contributed by atoms with Crippen LogP contribution in [-0.2, 0) is 4.74 Å². The average molecular weight is 324 g/mol. The molecule has 1 fully saturated rings. The van der Waals surface area contributed by atoms with Crippen LogP contribution in [-0.4, -0.2) is 47.3 Å². The van der Waals surface area contributed by atoms with E-state index in [1.54, 1.807) is 25.7 Å². The minimum Gasteiger partial charge on any atom is -0.380 e. The summed E-state index contributed by atoms with van der Waals surface area (Å²) in [6, 6.07) is 7.92. The van der Waals surface area contributed by atoms with Crippen LogP contribution in [0.2, 0.25) is 0 Å². The van der Waals surface area contributed by atoms with Crippen LogP contribution in [0.5, 0.6) is 0 Å². The minimum absolute atomic E-state index is 0.183. The molecule has 2 aromatic heterocycles. The highest BCUT2D eigenvalue weighted by Gasteiger charge is 2.32. The molecule has 3 rings (SSSR count). The normalized spacial score (nSPS) is 20.0. The van der Waals surface area contributed by atoms with Crippen LogP contribution in [0.15, 0.2) is 30.7 Å². The zero-order valence-electron chi connectivity index (χ0n) is 13.8. The second kappa shape index (κ2) is 7.23. The number of pyridine rings is 1.